The van der Waals surface area contributed by atoms with E-state index in [0.717, 1.165) is 0 Å². The lowest BCUT2D eigenvalue weighted by Gasteiger charge is -2.32. The standard InChI is InChI=1S/C19H22FN3O4S/c1-27-17-6-8-18(9-7-17)28(25,26)22-16-10-12-23(13-11-16)19(24)21-15-4-2-14(20)3-5-15/h2-9,16,22H,10-13H2,1H3,(H,21,24). The molecule has 1 aliphatic rings. The predicted octanol–water partition coefficient (Wildman–Crippen LogP) is 2.81. The monoisotopic (exact) mass is 407 g/mol. The van der Waals surface area contributed by atoms with E-state index in [1.165, 1.54) is 43.5 Å². The molecule has 0 bridgehead atoms. The van der Waals surface area contributed by atoms with Crippen molar-refractivity contribution in [2.75, 3.05) is 25.5 Å². The maximum atomic E-state index is 12.9. The van der Waals surface area contributed by atoms with Gasteiger partial charge in [-0.05, 0) is 61.4 Å². The zero-order valence-corrected chi connectivity index (χ0v) is 16.2. The molecule has 0 spiro atoms. The normalized spacial score (nSPS) is 15.3. The predicted molar refractivity (Wildman–Crippen MR) is 103 cm³/mol. The van der Waals surface area contributed by atoms with Gasteiger partial charge >= 0.3 is 6.03 Å². The molecule has 9 heteroatoms. The number of ether oxygens (including phenoxy) is 1. The van der Waals surface area contributed by atoms with Gasteiger partial charge in [-0.25, -0.2) is 22.3 Å². The highest BCUT2D eigenvalue weighted by Gasteiger charge is 2.26. The molecule has 7 nitrogen and oxygen atoms in total. The number of rotatable bonds is 5. The first kappa shape index (κ1) is 20.1. The second-order valence-electron chi connectivity index (χ2n) is 6.50. The average molecular weight is 407 g/mol. The van der Waals surface area contributed by atoms with Crippen molar-refractivity contribution in [2.45, 2.75) is 23.8 Å². The molecule has 0 atom stereocenters. The highest BCUT2D eigenvalue weighted by molar-refractivity contribution is 7.89. The molecule has 28 heavy (non-hydrogen) atoms. The van der Waals surface area contributed by atoms with Gasteiger partial charge in [0.2, 0.25) is 10.0 Å². The fourth-order valence-corrected chi connectivity index (χ4v) is 4.28. The first-order valence-corrected chi connectivity index (χ1v) is 10.3. The number of amides is 2. The molecule has 1 aliphatic heterocycles. The molecular weight excluding hydrogens is 385 g/mol. The summed E-state index contributed by atoms with van der Waals surface area (Å²) in [5.74, 6) is 0.211. The van der Waals surface area contributed by atoms with E-state index < -0.39 is 10.0 Å². The number of anilines is 1. The van der Waals surface area contributed by atoms with Gasteiger partial charge in [0.1, 0.15) is 11.6 Å². The number of hydrogen-bond donors (Lipinski definition) is 2. The van der Waals surface area contributed by atoms with E-state index >= 15 is 0 Å². The third-order valence-corrected chi connectivity index (χ3v) is 6.11. The smallest absolute Gasteiger partial charge is 0.321 e. The minimum Gasteiger partial charge on any atom is -0.497 e. The maximum Gasteiger partial charge on any atom is 0.321 e. The van der Waals surface area contributed by atoms with Gasteiger partial charge in [-0.1, -0.05) is 0 Å². The molecule has 1 fully saturated rings. The Morgan fingerprint density at radius 2 is 1.68 bits per heavy atom. The minimum absolute atomic E-state index is 0.171. The van der Waals surface area contributed by atoms with Crippen LogP contribution >= 0.6 is 0 Å². The molecule has 2 aromatic carbocycles. The molecule has 150 valence electrons. The fourth-order valence-electron chi connectivity index (χ4n) is 2.98. The highest BCUT2D eigenvalue weighted by Crippen LogP contribution is 2.19. The lowest BCUT2D eigenvalue weighted by molar-refractivity contribution is 0.193. The van der Waals surface area contributed by atoms with Crippen molar-refractivity contribution in [1.82, 2.24) is 9.62 Å². The summed E-state index contributed by atoms with van der Waals surface area (Å²) in [6, 6.07) is 11.2. The molecule has 1 saturated heterocycles. The van der Waals surface area contributed by atoms with E-state index in [2.05, 4.69) is 10.0 Å². The van der Waals surface area contributed by atoms with E-state index in [-0.39, 0.29) is 22.8 Å². The first-order chi connectivity index (χ1) is 13.4. The van der Waals surface area contributed by atoms with Gasteiger partial charge in [0.25, 0.3) is 0 Å². The molecule has 0 aliphatic carbocycles. The highest BCUT2D eigenvalue weighted by atomic mass is 32.2. The van der Waals surface area contributed by atoms with Crippen LogP contribution in [-0.4, -0.2) is 45.6 Å². The molecule has 0 unspecified atom stereocenters. The molecular formula is C19H22FN3O4S. The van der Waals surface area contributed by atoms with E-state index in [4.69, 9.17) is 4.74 Å². The van der Waals surface area contributed by atoms with Crippen LogP contribution in [0.5, 0.6) is 5.75 Å². The summed E-state index contributed by atoms with van der Waals surface area (Å²) in [6.07, 6.45) is 1.01. The Morgan fingerprint density at radius 3 is 2.25 bits per heavy atom. The molecule has 0 saturated carbocycles. The van der Waals surface area contributed by atoms with Crippen LogP contribution in [0.1, 0.15) is 12.8 Å². The van der Waals surface area contributed by atoms with Gasteiger partial charge in [0.05, 0.1) is 12.0 Å². The second kappa shape index (κ2) is 8.57. The summed E-state index contributed by atoms with van der Waals surface area (Å²) in [4.78, 5) is 14.1. The molecule has 2 aromatic rings. The summed E-state index contributed by atoms with van der Waals surface area (Å²) in [6.45, 7) is 0.839. The molecule has 0 radical (unpaired) electrons. The van der Waals surface area contributed by atoms with Crippen LogP contribution in [0.25, 0.3) is 0 Å². The lowest BCUT2D eigenvalue weighted by atomic mass is 10.1. The summed E-state index contributed by atoms with van der Waals surface area (Å²) < 4.78 is 45.7. The number of nitrogens with one attached hydrogen (secondary N) is 2. The van der Waals surface area contributed by atoms with Crippen LogP contribution < -0.4 is 14.8 Å². The number of carbonyl (C=O) groups is 1. The Morgan fingerprint density at radius 1 is 1.07 bits per heavy atom. The van der Waals surface area contributed by atoms with Crippen molar-refractivity contribution in [3.8, 4) is 5.75 Å². The third kappa shape index (κ3) is 4.99. The van der Waals surface area contributed by atoms with Crippen molar-refractivity contribution >= 4 is 21.7 Å². The molecule has 2 amide bonds. The van der Waals surface area contributed by atoms with Crippen LogP contribution in [-0.2, 0) is 10.0 Å². The number of urea groups is 1. The quantitative estimate of drug-likeness (QED) is 0.798. The number of methoxy groups -OCH3 is 1. The second-order valence-corrected chi connectivity index (χ2v) is 8.21. The van der Waals surface area contributed by atoms with Gasteiger partial charge in [-0.2, -0.15) is 0 Å². The van der Waals surface area contributed by atoms with Crippen LogP contribution in [0.2, 0.25) is 0 Å². The number of hydrogen-bond acceptors (Lipinski definition) is 4. The summed E-state index contributed by atoms with van der Waals surface area (Å²) in [7, 11) is -2.12. The van der Waals surface area contributed by atoms with Gasteiger partial charge in [0, 0.05) is 24.8 Å². The van der Waals surface area contributed by atoms with Gasteiger partial charge in [0.15, 0.2) is 0 Å². The summed E-state index contributed by atoms with van der Waals surface area (Å²) >= 11 is 0. The van der Waals surface area contributed by atoms with Crippen LogP contribution in [0.15, 0.2) is 53.4 Å². The fraction of sp³-hybridized carbons (Fsp3) is 0.316. The third-order valence-electron chi connectivity index (χ3n) is 4.57. The first-order valence-electron chi connectivity index (χ1n) is 8.85. The van der Waals surface area contributed by atoms with Crippen molar-refractivity contribution in [1.29, 1.82) is 0 Å². The maximum absolute atomic E-state index is 12.9. The SMILES string of the molecule is COc1ccc(S(=O)(=O)NC2CCN(C(=O)Nc3ccc(F)cc3)CC2)cc1. The lowest BCUT2D eigenvalue weighted by Crippen LogP contribution is -2.47. The van der Waals surface area contributed by atoms with E-state index in [0.29, 0.717) is 37.4 Å². The molecule has 0 aromatic heterocycles. The molecule has 3 rings (SSSR count). The largest absolute Gasteiger partial charge is 0.497 e. The Kier molecular flexibility index (Phi) is 6.15. The summed E-state index contributed by atoms with van der Waals surface area (Å²) in [5, 5.41) is 2.71. The Bertz CT molecular complexity index is 909. The number of likely N-dealkylation sites (tertiary alicyclic amines) is 1. The zero-order valence-electron chi connectivity index (χ0n) is 15.4. The zero-order chi connectivity index (χ0) is 20.1. The number of benzene rings is 2. The van der Waals surface area contributed by atoms with E-state index in [1.807, 2.05) is 0 Å². The number of carbonyl (C=O) groups excluding carboxylic acids is 1. The Labute approximate surface area is 163 Å². The number of nitrogens with zero attached hydrogens (tertiary/aromatic N) is 1. The summed E-state index contributed by atoms with van der Waals surface area (Å²) in [5.41, 5.74) is 0.508. The number of halogens is 1. The molecule has 1 heterocycles. The van der Waals surface area contributed by atoms with Crippen molar-refractivity contribution in [2.24, 2.45) is 0 Å². The van der Waals surface area contributed by atoms with Crippen LogP contribution in [0, 0.1) is 5.82 Å². The topological polar surface area (TPSA) is 87.7 Å². The van der Waals surface area contributed by atoms with Gasteiger partial charge < -0.3 is 15.0 Å². The van der Waals surface area contributed by atoms with Crippen molar-refractivity contribution in [3.05, 3.63) is 54.3 Å². The van der Waals surface area contributed by atoms with Crippen molar-refractivity contribution in [3.63, 3.8) is 0 Å². The number of piperidine rings is 1. The van der Waals surface area contributed by atoms with Gasteiger partial charge in [-0.3, -0.25) is 0 Å². The Balaban J connectivity index is 1.52. The van der Waals surface area contributed by atoms with E-state index in [1.54, 1.807) is 17.0 Å². The average Bonchev–Trinajstić information content (AvgIpc) is 2.70. The molecule has 2 N–H and O–H groups in total. The minimum atomic E-state index is -3.64. The van der Waals surface area contributed by atoms with E-state index in [9.17, 15) is 17.6 Å². The van der Waals surface area contributed by atoms with Crippen molar-refractivity contribution < 1.29 is 22.3 Å². The Hall–Kier alpha value is -2.65. The van der Waals surface area contributed by atoms with Crippen LogP contribution in [0.3, 0.4) is 0 Å². The van der Waals surface area contributed by atoms with Gasteiger partial charge in [-0.15, -0.1) is 0 Å². The number of sulfonamides is 1. The van der Waals surface area contributed by atoms with Crippen LogP contribution in [0.4, 0.5) is 14.9 Å².